The molecule has 0 radical (unpaired) electrons. The van der Waals surface area contributed by atoms with Crippen LogP contribution in [0.1, 0.15) is 38.1 Å². The topological polar surface area (TPSA) is 54.7 Å². The summed E-state index contributed by atoms with van der Waals surface area (Å²) in [5.74, 6) is 0.855. The summed E-state index contributed by atoms with van der Waals surface area (Å²) in [4.78, 5) is 7.63. The summed E-state index contributed by atoms with van der Waals surface area (Å²) < 4.78 is 0. The highest BCUT2D eigenvalue weighted by Gasteiger charge is 2.10. The van der Waals surface area contributed by atoms with Crippen LogP contribution in [0, 0.1) is 0 Å². The predicted octanol–water partition coefficient (Wildman–Crippen LogP) is 3.92. The van der Waals surface area contributed by atoms with Crippen molar-refractivity contribution in [3.05, 3.63) is 41.3 Å². The third-order valence-corrected chi connectivity index (χ3v) is 3.22. The maximum Gasteiger partial charge on any atom is 0.123 e. The van der Waals surface area contributed by atoms with Gasteiger partial charge in [0.05, 0.1) is 17.9 Å². The highest BCUT2D eigenvalue weighted by Crippen LogP contribution is 2.22. The third-order valence-electron chi connectivity index (χ3n) is 2.97. The van der Waals surface area contributed by atoms with Gasteiger partial charge in [0, 0.05) is 5.02 Å². The largest absolute Gasteiger partial charge is 0.341 e. The Bertz CT molecular complexity index is 490. The number of imidazole rings is 1. The van der Waals surface area contributed by atoms with Crippen molar-refractivity contribution in [3.8, 4) is 11.3 Å². The minimum atomic E-state index is -0.00833. The molecule has 0 saturated heterocycles. The first-order valence-corrected chi connectivity index (χ1v) is 6.65. The van der Waals surface area contributed by atoms with Gasteiger partial charge in [-0.05, 0) is 24.1 Å². The maximum atomic E-state index is 6.08. The highest BCUT2D eigenvalue weighted by molar-refractivity contribution is 6.30. The molecule has 1 aromatic heterocycles. The van der Waals surface area contributed by atoms with Crippen LogP contribution in [0.5, 0.6) is 0 Å². The minimum Gasteiger partial charge on any atom is -0.341 e. The van der Waals surface area contributed by atoms with E-state index in [1.807, 2.05) is 30.5 Å². The lowest BCUT2D eigenvalue weighted by Gasteiger charge is -2.07. The number of rotatable bonds is 5. The second kappa shape index (κ2) is 6.03. The second-order valence-corrected chi connectivity index (χ2v) is 4.87. The molecule has 1 heterocycles. The van der Waals surface area contributed by atoms with Crippen LogP contribution in [-0.4, -0.2) is 9.97 Å². The number of aromatic nitrogens is 2. The van der Waals surface area contributed by atoms with E-state index in [1.54, 1.807) is 0 Å². The zero-order chi connectivity index (χ0) is 13.0. The summed E-state index contributed by atoms with van der Waals surface area (Å²) in [6.07, 6.45) is 5.06. The van der Waals surface area contributed by atoms with Crippen molar-refractivity contribution in [2.45, 2.75) is 32.2 Å². The van der Waals surface area contributed by atoms with Gasteiger partial charge in [-0.1, -0.05) is 43.5 Å². The average molecular weight is 264 g/mol. The lowest BCUT2D eigenvalue weighted by atomic mass is 10.1. The van der Waals surface area contributed by atoms with Crippen molar-refractivity contribution < 1.29 is 0 Å². The molecule has 96 valence electrons. The average Bonchev–Trinajstić information content (AvgIpc) is 2.86. The van der Waals surface area contributed by atoms with Gasteiger partial charge in [-0.3, -0.25) is 0 Å². The molecule has 3 nitrogen and oxygen atoms in total. The van der Waals surface area contributed by atoms with Crippen LogP contribution in [0.3, 0.4) is 0 Å². The van der Waals surface area contributed by atoms with Crippen LogP contribution in [0.2, 0.25) is 5.02 Å². The molecule has 0 bridgehead atoms. The molecule has 0 aliphatic carbocycles. The molecule has 3 N–H and O–H groups in total. The van der Waals surface area contributed by atoms with Crippen LogP contribution in [-0.2, 0) is 0 Å². The molecule has 0 amide bonds. The van der Waals surface area contributed by atoms with Crippen molar-refractivity contribution in [2.24, 2.45) is 5.73 Å². The van der Waals surface area contributed by atoms with Crippen LogP contribution in [0.15, 0.2) is 30.5 Å². The summed E-state index contributed by atoms with van der Waals surface area (Å²) in [6, 6.07) is 7.67. The molecule has 2 rings (SSSR count). The third kappa shape index (κ3) is 3.12. The number of aromatic amines is 1. The van der Waals surface area contributed by atoms with Gasteiger partial charge in [0.25, 0.3) is 0 Å². The first-order valence-electron chi connectivity index (χ1n) is 6.27. The summed E-state index contributed by atoms with van der Waals surface area (Å²) in [6.45, 7) is 2.16. The van der Waals surface area contributed by atoms with Crippen molar-refractivity contribution in [1.82, 2.24) is 9.97 Å². The van der Waals surface area contributed by atoms with Crippen LogP contribution in [0.25, 0.3) is 11.3 Å². The van der Waals surface area contributed by atoms with Gasteiger partial charge in [0.15, 0.2) is 0 Å². The van der Waals surface area contributed by atoms with E-state index >= 15 is 0 Å². The zero-order valence-corrected chi connectivity index (χ0v) is 11.2. The Morgan fingerprint density at radius 1 is 1.33 bits per heavy atom. The Morgan fingerprint density at radius 3 is 2.72 bits per heavy atom. The molecule has 0 aliphatic rings. The summed E-state index contributed by atoms with van der Waals surface area (Å²) >= 11 is 5.87. The van der Waals surface area contributed by atoms with Gasteiger partial charge in [-0.2, -0.15) is 0 Å². The molecule has 1 atom stereocenters. The van der Waals surface area contributed by atoms with Crippen molar-refractivity contribution >= 4 is 11.6 Å². The minimum absolute atomic E-state index is 0.00833. The number of halogens is 1. The first-order chi connectivity index (χ1) is 8.70. The SMILES string of the molecule is CCCCC(N)c1ncc(-c2ccc(Cl)cc2)[nH]1. The van der Waals surface area contributed by atoms with E-state index in [0.717, 1.165) is 41.4 Å². The van der Waals surface area contributed by atoms with E-state index in [9.17, 15) is 0 Å². The standard InChI is InChI=1S/C14H18ClN3/c1-2-3-4-12(16)14-17-9-13(18-14)10-5-7-11(15)8-6-10/h5-9,12H,2-4,16H2,1H3,(H,17,18). The molecule has 18 heavy (non-hydrogen) atoms. The van der Waals surface area contributed by atoms with E-state index < -0.39 is 0 Å². The predicted molar refractivity (Wildman–Crippen MR) is 75.5 cm³/mol. The Morgan fingerprint density at radius 2 is 2.06 bits per heavy atom. The van der Waals surface area contributed by atoms with Crippen molar-refractivity contribution in [3.63, 3.8) is 0 Å². The van der Waals surface area contributed by atoms with Gasteiger partial charge in [-0.15, -0.1) is 0 Å². The number of H-pyrrole nitrogens is 1. The Balaban J connectivity index is 2.12. The molecule has 0 fully saturated rings. The molecule has 2 aromatic rings. The number of hydrogen-bond donors (Lipinski definition) is 2. The van der Waals surface area contributed by atoms with Crippen LogP contribution >= 0.6 is 11.6 Å². The zero-order valence-electron chi connectivity index (χ0n) is 10.5. The monoisotopic (exact) mass is 263 g/mol. The van der Waals surface area contributed by atoms with Crippen molar-refractivity contribution in [2.75, 3.05) is 0 Å². The smallest absolute Gasteiger partial charge is 0.123 e. The number of nitrogens with two attached hydrogens (primary N) is 1. The normalized spacial score (nSPS) is 12.6. The summed E-state index contributed by atoms with van der Waals surface area (Å²) in [5.41, 5.74) is 8.13. The van der Waals surface area contributed by atoms with E-state index in [2.05, 4.69) is 16.9 Å². The van der Waals surface area contributed by atoms with Gasteiger partial charge >= 0.3 is 0 Å². The van der Waals surface area contributed by atoms with E-state index in [0.29, 0.717) is 0 Å². The fourth-order valence-corrected chi connectivity index (χ4v) is 1.99. The molecule has 4 heteroatoms. The summed E-state index contributed by atoms with van der Waals surface area (Å²) in [5, 5.41) is 0.734. The fraction of sp³-hybridized carbons (Fsp3) is 0.357. The van der Waals surface area contributed by atoms with Crippen LogP contribution < -0.4 is 5.73 Å². The molecular weight excluding hydrogens is 246 g/mol. The lowest BCUT2D eigenvalue weighted by molar-refractivity contribution is 0.580. The van der Waals surface area contributed by atoms with Crippen LogP contribution in [0.4, 0.5) is 0 Å². The molecule has 0 aliphatic heterocycles. The highest BCUT2D eigenvalue weighted by atomic mass is 35.5. The fourth-order valence-electron chi connectivity index (χ4n) is 1.86. The van der Waals surface area contributed by atoms with Gasteiger partial charge < -0.3 is 10.7 Å². The van der Waals surface area contributed by atoms with Gasteiger partial charge in [0.2, 0.25) is 0 Å². The maximum absolute atomic E-state index is 6.08. The molecule has 0 spiro atoms. The number of nitrogens with zero attached hydrogens (tertiary/aromatic N) is 1. The number of benzene rings is 1. The number of hydrogen-bond acceptors (Lipinski definition) is 2. The van der Waals surface area contributed by atoms with Gasteiger partial charge in [0.1, 0.15) is 5.82 Å². The molecular formula is C14H18ClN3. The first kappa shape index (κ1) is 13.1. The van der Waals surface area contributed by atoms with E-state index in [-0.39, 0.29) is 6.04 Å². The number of nitrogens with one attached hydrogen (secondary N) is 1. The quantitative estimate of drug-likeness (QED) is 0.859. The lowest BCUT2D eigenvalue weighted by Crippen LogP contribution is -2.11. The Labute approximate surface area is 112 Å². The Kier molecular flexibility index (Phi) is 4.39. The Hall–Kier alpha value is -1.32. The second-order valence-electron chi connectivity index (χ2n) is 4.44. The molecule has 1 aromatic carbocycles. The number of unbranched alkanes of at least 4 members (excludes halogenated alkanes) is 1. The summed E-state index contributed by atoms with van der Waals surface area (Å²) in [7, 11) is 0. The molecule has 1 unspecified atom stereocenters. The van der Waals surface area contributed by atoms with E-state index in [1.165, 1.54) is 0 Å². The van der Waals surface area contributed by atoms with E-state index in [4.69, 9.17) is 17.3 Å². The van der Waals surface area contributed by atoms with Gasteiger partial charge in [-0.25, -0.2) is 4.98 Å². The molecule has 0 saturated carbocycles. The van der Waals surface area contributed by atoms with Crippen molar-refractivity contribution in [1.29, 1.82) is 0 Å².